The molecule has 94 valence electrons. The molecule has 2 aromatic rings. The minimum absolute atomic E-state index is 0.135. The Labute approximate surface area is 106 Å². The first-order chi connectivity index (χ1) is 8.49. The van der Waals surface area contributed by atoms with E-state index in [1.54, 1.807) is 0 Å². The molecule has 18 heavy (non-hydrogen) atoms. The van der Waals surface area contributed by atoms with E-state index in [1.807, 2.05) is 0 Å². The van der Waals surface area contributed by atoms with Gasteiger partial charge in [0.25, 0.3) is 0 Å². The lowest BCUT2D eigenvalue weighted by atomic mass is 10.0. The van der Waals surface area contributed by atoms with Crippen LogP contribution in [-0.4, -0.2) is 5.11 Å². The van der Waals surface area contributed by atoms with Crippen LogP contribution in [0.2, 0.25) is 5.02 Å². The van der Waals surface area contributed by atoms with Gasteiger partial charge in [-0.3, -0.25) is 0 Å². The minimum Gasteiger partial charge on any atom is -0.384 e. The second-order valence-electron chi connectivity index (χ2n) is 3.75. The molecule has 1 nitrogen and oxygen atoms in total. The average Bonchev–Trinajstić information content (AvgIpc) is 2.33. The van der Waals surface area contributed by atoms with Crippen LogP contribution >= 0.6 is 11.6 Å². The predicted molar refractivity (Wildman–Crippen MR) is 61.8 cm³/mol. The Hall–Kier alpha value is -1.52. The van der Waals surface area contributed by atoms with Crippen LogP contribution in [-0.2, 0) is 0 Å². The molecule has 0 radical (unpaired) electrons. The van der Waals surface area contributed by atoms with Gasteiger partial charge in [0.05, 0.1) is 5.02 Å². The standard InChI is InChI=1S/C13H8ClF3O/c14-10-6-11(16)9(5-12(10)17)13(18)7-2-1-3-8(15)4-7/h1-6,13,18H. The molecule has 1 atom stereocenters. The highest BCUT2D eigenvalue weighted by atomic mass is 35.5. The quantitative estimate of drug-likeness (QED) is 0.824. The van der Waals surface area contributed by atoms with E-state index in [1.165, 1.54) is 18.2 Å². The average molecular weight is 273 g/mol. The van der Waals surface area contributed by atoms with E-state index in [4.69, 9.17) is 11.6 Å². The zero-order chi connectivity index (χ0) is 13.3. The number of benzene rings is 2. The molecule has 0 saturated heterocycles. The molecule has 2 aromatic carbocycles. The molecule has 2 rings (SSSR count). The van der Waals surface area contributed by atoms with Crippen molar-refractivity contribution in [2.45, 2.75) is 6.10 Å². The summed E-state index contributed by atoms with van der Waals surface area (Å²) in [6.45, 7) is 0. The normalized spacial score (nSPS) is 12.5. The molecule has 0 bridgehead atoms. The Bertz CT molecular complexity index is 586. The Balaban J connectivity index is 2.46. The monoisotopic (exact) mass is 272 g/mol. The molecule has 1 N–H and O–H groups in total. The number of hydrogen-bond donors (Lipinski definition) is 1. The van der Waals surface area contributed by atoms with Crippen LogP contribution in [0.1, 0.15) is 17.2 Å². The van der Waals surface area contributed by atoms with Gasteiger partial charge in [0.2, 0.25) is 0 Å². The number of rotatable bonds is 2. The lowest BCUT2D eigenvalue weighted by Gasteiger charge is -2.13. The van der Waals surface area contributed by atoms with Gasteiger partial charge in [-0.05, 0) is 29.8 Å². The van der Waals surface area contributed by atoms with Crippen LogP contribution in [0.4, 0.5) is 13.2 Å². The first-order valence-corrected chi connectivity index (χ1v) is 5.45. The molecule has 0 heterocycles. The van der Waals surface area contributed by atoms with Crippen LogP contribution in [0.25, 0.3) is 0 Å². The van der Waals surface area contributed by atoms with Crippen molar-refractivity contribution in [1.29, 1.82) is 0 Å². The Morgan fingerprint density at radius 1 is 1.00 bits per heavy atom. The van der Waals surface area contributed by atoms with Gasteiger partial charge >= 0.3 is 0 Å². The molecule has 0 saturated carbocycles. The maximum absolute atomic E-state index is 13.6. The SMILES string of the molecule is OC(c1cccc(F)c1)c1cc(F)c(Cl)cc1F. The van der Waals surface area contributed by atoms with E-state index in [9.17, 15) is 18.3 Å². The fourth-order valence-corrected chi connectivity index (χ4v) is 1.75. The highest BCUT2D eigenvalue weighted by Gasteiger charge is 2.18. The van der Waals surface area contributed by atoms with Crippen LogP contribution in [0.15, 0.2) is 36.4 Å². The summed E-state index contributed by atoms with van der Waals surface area (Å²) in [6.07, 6.45) is -1.45. The Morgan fingerprint density at radius 2 is 1.72 bits per heavy atom. The van der Waals surface area contributed by atoms with E-state index in [2.05, 4.69) is 0 Å². The van der Waals surface area contributed by atoms with Crippen LogP contribution in [0.5, 0.6) is 0 Å². The van der Waals surface area contributed by atoms with Gasteiger partial charge < -0.3 is 5.11 Å². The van der Waals surface area contributed by atoms with Gasteiger partial charge in [0.1, 0.15) is 23.6 Å². The number of aliphatic hydroxyl groups excluding tert-OH is 1. The molecule has 0 fully saturated rings. The van der Waals surface area contributed by atoms with Crippen LogP contribution < -0.4 is 0 Å². The lowest BCUT2D eigenvalue weighted by Crippen LogP contribution is -2.04. The van der Waals surface area contributed by atoms with Gasteiger partial charge in [0, 0.05) is 5.56 Å². The lowest BCUT2D eigenvalue weighted by molar-refractivity contribution is 0.214. The molecule has 1 unspecified atom stereocenters. The van der Waals surface area contributed by atoms with E-state index in [0.29, 0.717) is 0 Å². The summed E-state index contributed by atoms with van der Waals surface area (Å²) >= 11 is 5.41. The van der Waals surface area contributed by atoms with Gasteiger partial charge in [-0.1, -0.05) is 23.7 Å². The van der Waals surface area contributed by atoms with Gasteiger partial charge in [-0.2, -0.15) is 0 Å². The second-order valence-corrected chi connectivity index (χ2v) is 4.15. The molecule has 0 aromatic heterocycles. The smallest absolute Gasteiger partial charge is 0.142 e. The van der Waals surface area contributed by atoms with Crippen molar-refractivity contribution in [3.8, 4) is 0 Å². The van der Waals surface area contributed by atoms with Crippen molar-refractivity contribution in [3.05, 3.63) is 70.0 Å². The fraction of sp³-hybridized carbons (Fsp3) is 0.0769. The van der Waals surface area contributed by atoms with Crippen molar-refractivity contribution in [2.24, 2.45) is 0 Å². The highest BCUT2D eigenvalue weighted by Crippen LogP contribution is 2.28. The first-order valence-electron chi connectivity index (χ1n) is 5.07. The van der Waals surface area contributed by atoms with Gasteiger partial charge in [0.15, 0.2) is 0 Å². The number of aliphatic hydroxyl groups is 1. The third-order valence-electron chi connectivity index (χ3n) is 2.50. The molecule has 5 heteroatoms. The first kappa shape index (κ1) is 12.9. The summed E-state index contributed by atoms with van der Waals surface area (Å²) < 4.78 is 39.8. The predicted octanol–water partition coefficient (Wildman–Crippen LogP) is 3.84. The van der Waals surface area contributed by atoms with E-state index in [-0.39, 0.29) is 16.1 Å². The van der Waals surface area contributed by atoms with Crippen molar-refractivity contribution in [2.75, 3.05) is 0 Å². The maximum atomic E-state index is 13.6. The zero-order valence-electron chi connectivity index (χ0n) is 9.00. The van der Waals surface area contributed by atoms with Crippen molar-refractivity contribution < 1.29 is 18.3 Å². The molecular formula is C13H8ClF3O. The van der Waals surface area contributed by atoms with Crippen LogP contribution in [0, 0.1) is 17.5 Å². The summed E-state index contributed by atoms with van der Waals surface area (Å²) in [7, 11) is 0. The third-order valence-corrected chi connectivity index (χ3v) is 2.79. The van der Waals surface area contributed by atoms with Crippen molar-refractivity contribution >= 4 is 11.6 Å². The highest BCUT2D eigenvalue weighted by molar-refractivity contribution is 6.30. The van der Waals surface area contributed by atoms with Gasteiger partial charge in [-0.25, -0.2) is 13.2 Å². The molecule has 0 amide bonds. The Kier molecular flexibility index (Phi) is 3.59. The molecule has 0 spiro atoms. The summed E-state index contributed by atoms with van der Waals surface area (Å²) in [6, 6.07) is 6.60. The summed E-state index contributed by atoms with van der Waals surface area (Å²) in [5.74, 6) is -2.26. The van der Waals surface area contributed by atoms with Crippen molar-refractivity contribution in [3.63, 3.8) is 0 Å². The molecule has 0 aliphatic heterocycles. The van der Waals surface area contributed by atoms with Crippen LogP contribution in [0.3, 0.4) is 0 Å². The zero-order valence-corrected chi connectivity index (χ0v) is 9.76. The fourth-order valence-electron chi connectivity index (χ4n) is 1.60. The Morgan fingerprint density at radius 3 is 2.39 bits per heavy atom. The minimum atomic E-state index is -1.45. The topological polar surface area (TPSA) is 20.2 Å². The third kappa shape index (κ3) is 2.49. The largest absolute Gasteiger partial charge is 0.384 e. The molecular weight excluding hydrogens is 265 g/mol. The summed E-state index contributed by atoms with van der Waals surface area (Å²) in [5.41, 5.74) is -0.155. The van der Waals surface area contributed by atoms with Gasteiger partial charge in [-0.15, -0.1) is 0 Å². The number of halogens is 4. The van der Waals surface area contributed by atoms with E-state index < -0.39 is 23.6 Å². The molecule has 0 aliphatic carbocycles. The summed E-state index contributed by atoms with van der Waals surface area (Å²) in [5, 5.41) is 9.52. The molecule has 0 aliphatic rings. The van der Waals surface area contributed by atoms with E-state index in [0.717, 1.165) is 18.2 Å². The van der Waals surface area contributed by atoms with E-state index >= 15 is 0 Å². The second kappa shape index (κ2) is 5.00. The van der Waals surface area contributed by atoms with Crippen molar-refractivity contribution in [1.82, 2.24) is 0 Å². The summed E-state index contributed by atoms with van der Waals surface area (Å²) in [4.78, 5) is 0. The number of hydrogen-bond acceptors (Lipinski definition) is 1. The maximum Gasteiger partial charge on any atom is 0.142 e.